The van der Waals surface area contributed by atoms with Gasteiger partial charge in [-0.05, 0) is 43.8 Å². The molecule has 0 aliphatic rings. The minimum absolute atomic E-state index is 0.289. The molecule has 98 valence electrons. The van der Waals surface area contributed by atoms with Crippen LogP contribution in [0.15, 0.2) is 34.3 Å². The van der Waals surface area contributed by atoms with E-state index in [1.165, 1.54) is 12.1 Å². The molecule has 0 saturated heterocycles. The highest BCUT2D eigenvalue weighted by Gasteiger charge is 2.17. The van der Waals surface area contributed by atoms with Crippen LogP contribution in [0.25, 0.3) is 0 Å². The van der Waals surface area contributed by atoms with Gasteiger partial charge in [-0.1, -0.05) is 6.07 Å². The molecule has 0 spiro atoms. The summed E-state index contributed by atoms with van der Waals surface area (Å²) in [6.45, 7) is 3.64. The molecule has 1 aromatic carbocycles. The van der Waals surface area contributed by atoms with E-state index in [1.54, 1.807) is 0 Å². The Hall–Kier alpha value is -1.95. The molecule has 2 aromatic rings. The highest BCUT2D eigenvalue weighted by molar-refractivity contribution is 7.99. The summed E-state index contributed by atoms with van der Waals surface area (Å²) in [7, 11) is 0. The Labute approximate surface area is 113 Å². The number of carbonyl (C=O) groups is 1. The van der Waals surface area contributed by atoms with E-state index in [2.05, 4.69) is 9.97 Å². The number of nitrogens with zero attached hydrogens (tertiary/aromatic N) is 2. The molecule has 0 atom stereocenters. The van der Waals surface area contributed by atoms with Crippen molar-refractivity contribution in [2.75, 3.05) is 0 Å². The van der Waals surface area contributed by atoms with Crippen LogP contribution in [0.5, 0.6) is 0 Å². The van der Waals surface area contributed by atoms with Gasteiger partial charge >= 0.3 is 5.97 Å². The third-order valence-electron chi connectivity index (χ3n) is 2.35. The largest absolute Gasteiger partial charge is 0.478 e. The van der Waals surface area contributed by atoms with Gasteiger partial charge in [0.25, 0.3) is 0 Å². The smallest absolute Gasteiger partial charge is 0.339 e. The van der Waals surface area contributed by atoms with Crippen molar-refractivity contribution in [1.82, 2.24) is 9.97 Å². The summed E-state index contributed by atoms with van der Waals surface area (Å²) in [5.74, 6) is -2.06. The number of aromatic nitrogens is 2. The van der Waals surface area contributed by atoms with Gasteiger partial charge in [0.2, 0.25) is 0 Å². The fraction of sp³-hybridized carbons (Fsp3) is 0.154. The Morgan fingerprint density at radius 2 is 1.89 bits per heavy atom. The van der Waals surface area contributed by atoms with Gasteiger partial charge in [-0.2, -0.15) is 0 Å². The van der Waals surface area contributed by atoms with Gasteiger partial charge in [0.05, 0.1) is 0 Å². The molecule has 0 fully saturated rings. The van der Waals surface area contributed by atoms with Crippen LogP contribution in [-0.2, 0) is 0 Å². The minimum atomic E-state index is -1.30. The lowest BCUT2D eigenvalue weighted by atomic mass is 10.2. The van der Waals surface area contributed by atoms with Crippen LogP contribution in [0.2, 0.25) is 0 Å². The van der Waals surface area contributed by atoms with E-state index in [4.69, 9.17) is 5.11 Å². The molecule has 0 bridgehead atoms. The molecule has 2 rings (SSSR count). The quantitative estimate of drug-likeness (QED) is 0.874. The highest BCUT2D eigenvalue weighted by Crippen LogP contribution is 2.29. The van der Waals surface area contributed by atoms with Crippen molar-refractivity contribution in [3.05, 3.63) is 47.0 Å². The number of carboxylic acids is 1. The molecule has 4 nitrogen and oxygen atoms in total. The summed E-state index contributed by atoms with van der Waals surface area (Å²) in [6, 6.07) is 5.94. The molecule has 0 aliphatic carbocycles. The minimum Gasteiger partial charge on any atom is -0.478 e. The van der Waals surface area contributed by atoms with Gasteiger partial charge in [-0.3, -0.25) is 0 Å². The summed E-state index contributed by atoms with van der Waals surface area (Å²) >= 11 is 1.04. The molecular formula is C13H11FN2O2S. The standard InChI is InChI=1S/C13H11FN2O2S/c1-7-6-8(2)16-13(15-7)19-10-5-3-4-9(14)11(10)12(17)18/h3-6H,1-2H3,(H,17,18). The first-order valence-electron chi connectivity index (χ1n) is 5.49. The lowest BCUT2D eigenvalue weighted by Crippen LogP contribution is -2.03. The highest BCUT2D eigenvalue weighted by atomic mass is 32.2. The van der Waals surface area contributed by atoms with E-state index < -0.39 is 11.8 Å². The van der Waals surface area contributed by atoms with Crippen LogP contribution in [0.4, 0.5) is 4.39 Å². The molecule has 1 aromatic heterocycles. The van der Waals surface area contributed by atoms with Crippen molar-refractivity contribution >= 4 is 17.7 Å². The Morgan fingerprint density at radius 1 is 1.26 bits per heavy atom. The van der Waals surface area contributed by atoms with E-state index in [9.17, 15) is 9.18 Å². The molecular weight excluding hydrogens is 267 g/mol. The zero-order valence-electron chi connectivity index (χ0n) is 10.3. The average molecular weight is 278 g/mol. The van der Waals surface area contributed by atoms with Crippen molar-refractivity contribution in [3.8, 4) is 0 Å². The van der Waals surface area contributed by atoms with Gasteiger partial charge in [-0.15, -0.1) is 0 Å². The van der Waals surface area contributed by atoms with Crippen LogP contribution in [0.3, 0.4) is 0 Å². The van der Waals surface area contributed by atoms with Crippen LogP contribution >= 0.6 is 11.8 Å². The van der Waals surface area contributed by atoms with Crippen molar-refractivity contribution < 1.29 is 14.3 Å². The number of rotatable bonds is 3. The lowest BCUT2D eigenvalue weighted by molar-refractivity contribution is 0.0688. The zero-order valence-corrected chi connectivity index (χ0v) is 11.2. The third kappa shape index (κ3) is 3.08. The normalized spacial score (nSPS) is 10.5. The lowest BCUT2D eigenvalue weighted by Gasteiger charge is -2.06. The van der Waals surface area contributed by atoms with E-state index in [0.717, 1.165) is 29.2 Å². The van der Waals surface area contributed by atoms with Crippen LogP contribution in [0.1, 0.15) is 21.7 Å². The van der Waals surface area contributed by atoms with Gasteiger partial charge in [0.15, 0.2) is 5.16 Å². The number of hydrogen-bond acceptors (Lipinski definition) is 4. The summed E-state index contributed by atoms with van der Waals surface area (Å²) < 4.78 is 13.5. The van der Waals surface area contributed by atoms with Crippen molar-refractivity contribution in [2.45, 2.75) is 23.9 Å². The molecule has 0 amide bonds. The maximum absolute atomic E-state index is 13.5. The fourth-order valence-electron chi connectivity index (χ4n) is 1.63. The van der Waals surface area contributed by atoms with Gasteiger partial charge in [-0.25, -0.2) is 19.2 Å². The first kappa shape index (κ1) is 13.5. The Balaban J connectivity index is 2.43. The number of halogens is 1. The second-order valence-corrected chi connectivity index (χ2v) is 4.96. The number of aryl methyl sites for hydroxylation is 2. The average Bonchev–Trinajstić information content (AvgIpc) is 2.26. The van der Waals surface area contributed by atoms with Crippen LogP contribution in [-0.4, -0.2) is 21.0 Å². The van der Waals surface area contributed by atoms with E-state index >= 15 is 0 Å². The Bertz CT molecular complexity index is 626. The molecule has 1 N–H and O–H groups in total. The molecule has 0 unspecified atom stereocenters. The maximum Gasteiger partial charge on any atom is 0.339 e. The fourth-order valence-corrected chi connectivity index (χ4v) is 2.64. The number of hydrogen-bond donors (Lipinski definition) is 1. The zero-order chi connectivity index (χ0) is 14.0. The molecule has 0 radical (unpaired) electrons. The molecule has 0 saturated carbocycles. The van der Waals surface area contributed by atoms with Crippen molar-refractivity contribution in [2.24, 2.45) is 0 Å². The second kappa shape index (κ2) is 5.36. The Morgan fingerprint density at radius 3 is 2.47 bits per heavy atom. The van der Waals surface area contributed by atoms with E-state index in [-0.39, 0.29) is 10.5 Å². The summed E-state index contributed by atoms with van der Waals surface area (Å²) in [5.41, 5.74) is 1.21. The molecule has 1 heterocycles. The van der Waals surface area contributed by atoms with Crippen molar-refractivity contribution in [3.63, 3.8) is 0 Å². The SMILES string of the molecule is Cc1cc(C)nc(Sc2cccc(F)c2C(=O)O)n1. The number of carboxylic acid groups (broad SMARTS) is 1. The first-order chi connectivity index (χ1) is 8.97. The topological polar surface area (TPSA) is 63.1 Å². The predicted octanol–water partition coefficient (Wildman–Crippen LogP) is 3.08. The van der Waals surface area contributed by atoms with E-state index in [1.807, 2.05) is 19.9 Å². The number of benzene rings is 1. The van der Waals surface area contributed by atoms with Crippen LogP contribution < -0.4 is 0 Å². The van der Waals surface area contributed by atoms with Gasteiger partial charge in [0.1, 0.15) is 11.4 Å². The molecule has 6 heteroatoms. The first-order valence-corrected chi connectivity index (χ1v) is 6.31. The van der Waals surface area contributed by atoms with Gasteiger partial charge < -0.3 is 5.11 Å². The third-order valence-corrected chi connectivity index (χ3v) is 3.28. The van der Waals surface area contributed by atoms with Crippen LogP contribution in [0, 0.1) is 19.7 Å². The molecule has 0 aliphatic heterocycles. The monoisotopic (exact) mass is 278 g/mol. The molecule has 19 heavy (non-hydrogen) atoms. The van der Waals surface area contributed by atoms with Crippen molar-refractivity contribution in [1.29, 1.82) is 0 Å². The summed E-state index contributed by atoms with van der Waals surface area (Å²) in [5, 5.41) is 9.45. The number of aromatic carboxylic acids is 1. The second-order valence-electron chi connectivity index (χ2n) is 3.95. The maximum atomic E-state index is 13.5. The summed E-state index contributed by atoms with van der Waals surface area (Å²) in [6.07, 6.45) is 0. The van der Waals surface area contributed by atoms with E-state index in [0.29, 0.717) is 5.16 Å². The Kier molecular flexibility index (Phi) is 3.80. The summed E-state index contributed by atoms with van der Waals surface area (Å²) in [4.78, 5) is 19.8. The van der Waals surface area contributed by atoms with Gasteiger partial charge in [0, 0.05) is 16.3 Å². The predicted molar refractivity (Wildman–Crippen MR) is 69.0 cm³/mol.